The van der Waals surface area contributed by atoms with Crippen LogP contribution in [0.2, 0.25) is 0 Å². The van der Waals surface area contributed by atoms with Crippen molar-refractivity contribution in [2.45, 2.75) is 43.9 Å². The second-order valence-electron chi connectivity index (χ2n) is 7.20. The van der Waals surface area contributed by atoms with Crippen LogP contribution in [-0.2, 0) is 23.7 Å². The Morgan fingerprint density at radius 2 is 1.70 bits per heavy atom. The van der Waals surface area contributed by atoms with Gasteiger partial charge in [-0.1, -0.05) is 48.5 Å². The molecule has 2 heterocycles. The lowest BCUT2D eigenvalue weighted by Crippen LogP contribution is -2.67. The van der Waals surface area contributed by atoms with Gasteiger partial charge in [-0.25, -0.2) is 4.79 Å². The van der Waals surface area contributed by atoms with Crippen LogP contribution in [0.3, 0.4) is 0 Å². The Bertz CT molecular complexity index is 876. The van der Waals surface area contributed by atoms with Gasteiger partial charge in [0, 0.05) is 12.5 Å². The molecular formula is C22H23NO7. The Kier molecular flexibility index (Phi) is 6.10. The van der Waals surface area contributed by atoms with Crippen LogP contribution in [0.25, 0.3) is 0 Å². The molecule has 6 atom stereocenters. The molecule has 2 N–H and O–H groups in total. The highest BCUT2D eigenvalue weighted by atomic mass is 16.7. The van der Waals surface area contributed by atoms with E-state index in [1.165, 1.54) is 6.92 Å². The second kappa shape index (κ2) is 8.93. The maximum absolute atomic E-state index is 12.7. The van der Waals surface area contributed by atoms with Crippen LogP contribution >= 0.6 is 0 Å². The van der Waals surface area contributed by atoms with Crippen LogP contribution in [0.15, 0.2) is 60.7 Å². The fourth-order valence-corrected chi connectivity index (χ4v) is 3.66. The van der Waals surface area contributed by atoms with E-state index in [1.807, 2.05) is 30.3 Å². The summed E-state index contributed by atoms with van der Waals surface area (Å²) in [4.78, 5) is 24.5. The first-order valence-electron chi connectivity index (χ1n) is 9.71. The monoisotopic (exact) mass is 413 g/mol. The van der Waals surface area contributed by atoms with Crippen LogP contribution in [0.5, 0.6) is 0 Å². The predicted octanol–water partition coefficient (Wildman–Crippen LogP) is 1.55. The Morgan fingerprint density at radius 1 is 1.03 bits per heavy atom. The molecule has 0 aliphatic carbocycles. The molecule has 0 unspecified atom stereocenters. The van der Waals surface area contributed by atoms with Gasteiger partial charge in [0.05, 0.1) is 12.2 Å². The number of benzene rings is 2. The highest BCUT2D eigenvalue weighted by Crippen LogP contribution is 2.35. The van der Waals surface area contributed by atoms with Gasteiger partial charge < -0.3 is 29.4 Å². The lowest BCUT2D eigenvalue weighted by Gasteiger charge is -2.47. The Labute approximate surface area is 173 Å². The SMILES string of the molecule is CC(=O)N[C@@H]1[C@@H](OC(=O)c2ccccc2)[C@H]2O[C@H](c3ccccc3)OC[C@H]2O[C@@H]1O. The molecule has 8 heteroatoms. The van der Waals surface area contributed by atoms with Crippen LogP contribution in [0.1, 0.15) is 29.1 Å². The van der Waals surface area contributed by atoms with E-state index in [4.69, 9.17) is 18.9 Å². The summed E-state index contributed by atoms with van der Waals surface area (Å²) in [5.41, 5.74) is 1.15. The molecule has 8 nitrogen and oxygen atoms in total. The summed E-state index contributed by atoms with van der Waals surface area (Å²) in [5.74, 6) is -0.983. The van der Waals surface area contributed by atoms with Crippen molar-refractivity contribution in [2.75, 3.05) is 6.61 Å². The average Bonchev–Trinajstić information content (AvgIpc) is 2.77. The van der Waals surface area contributed by atoms with E-state index < -0.39 is 48.8 Å². The zero-order valence-corrected chi connectivity index (χ0v) is 16.3. The molecule has 2 saturated heterocycles. The Morgan fingerprint density at radius 3 is 2.37 bits per heavy atom. The summed E-state index contributed by atoms with van der Waals surface area (Å²) < 4.78 is 23.2. The molecule has 2 aliphatic heterocycles. The molecule has 1 amide bonds. The number of rotatable bonds is 4. The number of aliphatic hydroxyl groups excluding tert-OH is 1. The third-order valence-corrected chi connectivity index (χ3v) is 5.05. The normalized spacial score (nSPS) is 30.7. The van der Waals surface area contributed by atoms with Crippen LogP contribution < -0.4 is 5.32 Å². The Balaban J connectivity index is 1.61. The number of esters is 1. The summed E-state index contributed by atoms with van der Waals surface area (Å²) in [5, 5.41) is 13.1. The summed E-state index contributed by atoms with van der Waals surface area (Å²) >= 11 is 0. The van der Waals surface area contributed by atoms with Gasteiger partial charge in [-0.3, -0.25) is 4.79 Å². The number of hydrogen-bond donors (Lipinski definition) is 2. The smallest absolute Gasteiger partial charge is 0.338 e. The molecule has 0 bridgehead atoms. The van der Waals surface area contributed by atoms with E-state index in [0.29, 0.717) is 5.56 Å². The molecule has 0 radical (unpaired) electrons. The molecule has 2 aliphatic rings. The second-order valence-corrected chi connectivity index (χ2v) is 7.20. The third kappa shape index (κ3) is 4.36. The first kappa shape index (κ1) is 20.5. The summed E-state index contributed by atoms with van der Waals surface area (Å²) in [6, 6.07) is 16.8. The van der Waals surface area contributed by atoms with Crippen LogP contribution in [0.4, 0.5) is 0 Å². The molecule has 30 heavy (non-hydrogen) atoms. The van der Waals surface area contributed by atoms with Crippen molar-refractivity contribution in [1.29, 1.82) is 0 Å². The zero-order chi connectivity index (χ0) is 21.1. The van der Waals surface area contributed by atoms with Gasteiger partial charge in [0.25, 0.3) is 0 Å². The van der Waals surface area contributed by atoms with Crippen molar-refractivity contribution in [3.8, 4) is 0 Å². The molecule has 4 rings (SSSR count). The lowest BCUT2D eigenvalue weighted by atomic mass is 9.95. The molecular weight excluding hydrogens is 390 g/mol. The van der Waals surface area contributed by atoms with E-state index in [1.54, 1.807) is 30.3 Å². The largest absolute Gasteiger partial charge is 0.453 e. The molecule has 0 aromatic heterocycles. The highest BCUT2D eigenvalue weighted by Gasteiger charge is 2.52. The number of amides is 1. The van der Waals surface area contributed by atoms with Crippen LogP contribution in [0, 0.1) is 0 Å². The standard InChI is InChI=1S/C22H23NO7/c1-13(24)23-17-19(29-20(25)14-8-4-2-5-9-14)18-16(28-21(17)26)12-27-22(30-18)15-10-6-3-7-11-15/h2-11,16-19,21-22,26H,12H2,1H3,(H,23,24)/t16-,17-,18+,19-,21+,22-/m1/s1. The van der Waals surface area contributed by atoms with Gasteiger partial charge in [0.1, 0.15) is 18.2 Å². The fraction of sp³-hybridized carbons (Fsp3) is 0.364. The first-order chi connectivity index (χ1) is 14.5. The quantitative estimate of drug-likeness (QED) is 0.733. The van der Waals surface area contributed by atoms with Crippen molar-refractivity contribution in [3.05, 3.63) is 71.8 Å². The minimum absolute atomic E-state index is 0.132. The minimum atomic E-state index is -1.39. The number of nitrogens with one attached hydrogen (secondary N) is 1. The maximum Gasteiger partial charge on any atom is 0.338 e. The van der Waals surface area contributed by atoms with Crippen molar-refractivity contribution in [1.82, 2.24) is 5.32 Å². The van der Waals surface area contributed by atoms with E-state index >= 15 is 0 Å². The molecule has 2 aromatic rings. The van der Waals surface area contributed by atoms with Gasteiger partial charge in [-0.15, -0.1) is 0 Å². The van der Waals surface area contributed by atoms with Gasteiger partial charge in [-0.05, 0) is 12.1 Å². The number of ether oxygens (including phenoxy) is 4. The third-order valence-electron chi connectivity index (χ3n) is 5.05. The number of aliphatic hydroxyl groups is 1. The maximum atomic E-state index is 12.7. The van der Waals surface area contributed by atoms with Crippen molar-refractivity contribution in [3.63, 3.8) is 0 Å². The summed E-state index contributed by atoms with van der Waals surface area (Å²) in [6.07, 6.45) is -4.48. The Hall–Kier alpha value is -2.78. The summed E-state index contributed by atoms with van der Waals surface area (Å²) in [6.45, 7) is 1.44. The molecule has 2 fully saturated rings. The lowest BCUT2D eigenvalue weighted by molar-refractivity contribution is -0.337. The first-order valence-corrected chi connectivity index (χ1v) is 9.71. The van der Waals surface area contributed by atoms with Gasteiger partial charge in [0.15, 0.2) is 18.7 Å². The van der Waals surface area contributed by atoms with Crippen molar-refractivity contribution >= 4 is 11.9 Å². The fourth-order valence-electron chi connectivity index (χ4n) is 3.66. The van der Waals surface area contributed by atoms with Gasteiger partial charge in [0.2, 0.25) is 5.91 Å². The van der Waals surface area contributed by atoms with Gasteiger partial charge >= 0.3 is 5.97 Å². The number of carbonyl (C=O) groups is 2. The number of carbonyl (C=O) groups excluding carboxylic acids is 2. The van der Waals surface area contributed by atoms with E-state index in [-0.39, 0.29) is 6.61 Å². The predicted molar refractivity (Wildman–Crippen MR) is 104 cm³/mol. The number of fused-ring (bicyclic) bond motifs is 1. The zero-order valence-electron chi connectivity index (χ0n) is 16.3. The topological polar surface area (TPSA) is 103 Å². The van der Waals surface area contributed by atoms with Crippen molar-refractivity contribution < 1.29 is 33.6 Å². The van der Waals surface area contributed by atoms with E-state index in [2.05, 4.69) is 5.32 Å². The molecule has 0 saturated carbocycles. The number of hydrogen-bond acceptors (Lipinski definition) is 7. The van der Waals surface area contributed by atoms with Crippen molar-refractivity contribution in [2.24, 2.45) is 0 Å². The average molecular weight is 413 g/mol. The molecule has 0 spiro atoms. The van der Waals surface area contributed by atoms with Crippen LogP contribution in [-0.4, -0.2) is 54.2 Å². The molecule has 158 valence electrons. The van der Waals surface area contributed by atoms with Gasteiger partial charge in [-0.2, -0.15) is 0 Å². The summed E-state index contributed by atoms with van der Waals surface area (Å²) in [7, 11) is 0. The van der Waals surface area contributed by atoms with E-state index in [0.717, 1.165) is 5.56 Å². The molecule has 2 aromatic carbocycles. The highest BCUT2D eigenvalue weighted by molar-refractivity contribution is 5.89. The minimum Gasteiger partial charge on any atom is -0.453 e. The van der Waals surface area contributed by atoms with E-state index in [9.17, 15) is 14.7 Å².